The van der Waals surface area contributed by atoms with Crippen molar-refractivity contribution < 1.29 is 48.2 Å². The predicted octanol–water partition coefficient (Wildman–Crippen LogP) is 6.37. The van der Waals surface area contributed by atoms with Gasteiger partial charge in [0.25, 0.3) is 5.56 Å². The summed E-state index contributed by atoms with van der Waals surface area (Å²) >= 11 is 0. The van der Waals surface area contributed by atoms with Gasteiger partial charge in [-0.25, -0.2) is 9.78 Å². The SMILES string of the molecule is CCC1(O)C(=O)OCc2c1cc1n(c2=O)Cc2c-1nc1ccccc1c2C=Nc1ccccc1NC1c2cc3c(cc2C(c2cc(OC)c(O)c(OC)c2)C2C(=O)OCC12)OCO3. The molecule has 4 aliphatic heterocycles. The standard InChI is InChI=1S/C48H40N4O11/c1-4-48(57)31-17-35-43-28(19-52(35)45(54)29(31)20-61-47(48)56)27(24-9-5-6-10-32(24)50-43)18-49-33-11-7-8-12-34(33)51-42-26-16-37-36(62-22-63-37)15-25(26)40(41-30(42)21-60-46(41)55)23-13-38(58-2)44(53)39(14-23)59-3/h5-18,30,40-42,51,53,57H,4,19-22H2,1-3H3. The van der Waals surface area contributed by atoms with E-state index < -0.39 is 29.4 Å². The molecule has 2 aromatic heterocycles. The van der Waals surface area contributed by atoms with Gasteiger partial charge in [-0.2, -0.15) is 0 Å². The number of pyridine rings is 2. The van der Waals surface area contributed by atoms with Crippen LogP contribution >= 0.6 is 0 Å². The summed E-state index contributed by atoms with van der Waals surface area (Å²) in [6.45, 7) is 1.85. The van der Waals surface area contributed by atoms with Crippen molar-refractivity contribution >= 4 is 40.4 Å². The van der Waals surface area contributed by atoms with Gasteiger partial charge in [0.1, 0.15) is 6.61 Å². The highest BCUT2D eigenvalue weighted by Gasteiger charge is 2.53. The minimum atomic E-state index is -1.95. The van der Waals surface area contributed by atoms with Gasteiger partial charge in [-0.05, 0) is 71.6 Å². The molecule has 4 aromatic carbocycles. The van der Waals surface area contributed by atoms with Gasteiger partial charge < -0.3 is 48.5 Å². The monoisotopic (exact) mass is 848 g/mol. The number of rotatable bonds is 8. The van der Waals surface area contributed by atoms with Gasteiger partial charge in [0, 0.05) is 40.1 Å². The van der Waals surface area contributed by atoms with Gasteiger partial charge in [0.15, 0.2) is 28.6 Å². The van der Waals surface area contributed by atoms with Crippen LogP contribution in [0.4, 0.5) is 11.4 Å². The predicted molar refractivity (Wildman–Crippen MR) is 228 cm³/mol. The van der Waals surface area contributed by atoms with Gasteiger partial charge in [-0.15, -0.1) is 0 Å². The molecule has 318 valence electrons. The number of esters is 2. The molecule has 6 aromatic rings. The van der Waals surface area contributed by atoms with Crippen LogP contribution in [0, 0.1) is 11.8 Å². The summed E-state index contributed by atoms with van der Waals surface area (Å²) in [6.07, 6.45) is 1.82. The average Bonchev–Trinajstić information content (AvgIpc) is 4.03. The molecule has 5 unspecified atom stereocenters. The molecule has 15 heteroatoms. The van der Waals surface area contributed by atoms with E-state index in [9.17, 15) is 24.6 Å². The summed E-state index contributed by atoms with van der Waals surface area (Å²) in [7, 11) is 2.92. The van der Waals surface area contributed by atoms with Crippen molar-refractivity contribution in [3.8, 4) is 40.1 Å². The van der Waals surface area contributed by atoms with Crippen LogP contribution in [0.5, 0.6) is 28.7 Å². The molecule has 0 bridgehead atoms. The maximum Gasteiger partial charge on any atom is 0.343 e. The Hall–Kier alpha value is -7.39. The fourth-order valence-corrected chi connectivity index (χ4v) is 10.1. The first-order valence-corrected chi connectivity index (χ1v) is 20.6. The number of cyclic esters (lactones) is 2. The summed E-state index contributed by atoms with van der Waals surface area (Å²) in [5, 5.41) is 26.8. The second kappa shape index (κ2) is 14.3. The molecular formula is C48H40N4O11. The maximum atomic E-state index is 14.0. The molecular weight excluding hydrogens is 809 g/mol. The van der Waals surface area contributed by atoms with E-state index in [4.69, 9.17) is 38.4 Å². The third-order valence-electron chi connectivity index (χ3n) is 13.2. The third-order valence-corrected chi connectivity index (χ3v) is 13.2. The number of benzene rings is 4. The van der Waals surface area contributed by atoms with Crippen LogP contribution in [-0.4, -0.2) is 65.5 Å². The molecule has 1 fully saturated rings. The number of carbonyl (C=O) groups is 2. The van der Waals surface area contributed by atoms with Crippen LogP contribution in [0.2, 0.25) is 0 Å². The lowest BCUT2D eigenvalue weighted by Gasteiger charge is -2.40. The van der Waals surface area contributed by atoms with E-state index in [0.29, 0.717) is 45.3 Å². The highest BCUT2D eigenvalue weighted by atomic mass is 16.7. The van der Waals surface area contributed by atoms with E-state index in [1.807, 2.05) is 60.7 Å². The van der Waals surface area contributed by atoms with Crippen LogP contribution in [-0.2, 0) is 37.8 Å². The molecule has 63 heavy (non-hydrogen) atoms. The third kappa shape index (κ3) is 5.72. The Kier molecular flexibility index (Phi) is 8.77. The maximum absolute atomic E-state index is 14.0. The molecule has 11 rings (SSSR count). The quantitative estimate of drug-likeness (QED) is 0.113. The summed E-state index contributed by atoms with van der Waals surface area (Å²) in [5.74, 6) is -1.24. The number of aromatic hydroxyl groups is 1. The zero-order valence-electron chi connectivity index (χ0n) is 34.3. The number of carbonyl (C=O) groups excluding carboxylic acids is 2. The number of nitrogens with one attached hydrogen (secondary N) is 1. The molecule has 0 amide bonds. The molecule has 15 nitrogen and oxygen atoms in total. The lowest BCUT2D eigenvalue weighted by molar-refractivity contribution is -0.172. The number of hydrogen-bond donors (Lipinski definition) is 3. The number of phenolic OH excluding ortho intramolecular Hbond substituents is 1. The largest absolute Gasteiger partial charge is 0.502 e. The van der Waals surface area contributed by atoms with Crippen molar-refractivity contribution in [2.75, 3.05) is 32.9 Å². The minimum Gasteiger partial charge on any atom is -0.502 e. The normalized spacial score (nSPS) is 22.5. The molecule has 5 atom stereocenters. The Morgan fingerprint density at radius 3 is 2.41 bits per heavy atom. The molecule has 0 radical (unpaired) electrons. The van der Waals surface area contributed by atoms with Crippen molar-refractivity contribution in [3.05, 3.63) is 128 Å². The summed E-state index contributed by atoms with van der Waals surface area (Å²) in [5.41, 5.74) is 5.15. The second-order valence-corrected chi connectivity index (χ2v) is 16.3. The number of aliphatic imine (C=N–C) groups is 1. The number of aromatic nitrogens is 2. The number of aliphatic hydroxyl groups is 1. The highest BCUT2D eigenvalue weighted by Crippen LogP contribution is 2.56. The zero-order chi connectivity index (χ0) is 43.3. The topological polar surface area (TPSA) is 189 Å². The van der Waals surface area contributed by atoms with Crippen molar-refractivity contribution in [2.45, 2.75) is 44.1 Å². The van der Waals surface area contributed by atoms with Gasteiger partial charge in [-0.1, -0.05) is 37.3 Å². The lowest BCUT2D eigenvalue weighted by atomic mass is 9.65. The number of para-hydroxylation sites is 3. The van der Waals surface area contributed by atoms with Crippen LogP contribution in [0.25, 0.3) is 22.3 Å². The Morgan fingerprint density at radius 2 is 1.65 bits per heavy atom. The Morgan fingerprint density at radius 1 is 0.921 bits per heavy atom. The Bertz CT molecular complexity index is 3030. The second-order valence-electron chi connectivity index (χ2n) is 16.3. The summed E-state index contributed by atoms with van der Waals surface area (Å²) in [6, 6.07) is 23.9. The molecule has 1 aliphatic carbocycles. The van der Waals surface area contributed by atoms with Crippen molar-refractivity contribution in [2.24, 2.45) is 16.8 Å². The average molecular weight is 849 g/mol. The number of hydrogen-bond acceptors (Lipinski definition) is 14. The summed E-state index contributed by atoms with van der Waals surface area (Å²) in [4.78, 5) is 50.8. The molecule has 1 saturated heterocycles. The van der Waals surface area contributed by atoms with Crippen molar-refractivity contribution in [3.63, 3.8) is 0 Å². The molecule has 5 aliphatic rings. The zero-order valence-corrected chi connectivity index (χ0v) is 34.3. The first kappa shape index (κ1) is 38.5. The number of methoxy groups -OCH3 is 2. The van der Waals surface area contributed by atoms with Gasteiger partial charge in [0.2, 0.25) is 12.5 Å². The molecule has 0 saturated carbocycles. The summed E-state index contributed by atoms with van der Waals surface area (Å²) < 4.78 is 35.6. The van der Waals surface area contributed by atoms with Gasteiger partial charge in [0.05, 0.1) is 73.2 Å². The van der Waals surface area contributed by atoms with E-state index in [1.54, 1.807) is 35.9 Å². The van der Waals surface area contributed by atoms with Crippen molar-refractivity contribution in [1.29, 1.82) is 0 Å². The van der Waals surface area contributed by atoms with Crippen LogP contribution in [0.15, 0.2) is 88.6 Å². The number of fused-ring (bicyclic) bond motifs is 8. The number of phenols is 1. The molecule has 0 spiro atoms. The first-order valence-electron chi connectivity index (χ1n) is 20.6. The van der Waals surface area contributed by atoms with E-state index in [1.165, 1.54) is 14.2 Å². The van der Waals surface area contributed by atoms with E-state index >= 15 is 0 Å². The first-order chi connectivity index (χ1) is 30.6. The van der Waals surface area contributed by atoms with Crippen LogP contribution < -0.4 is 29.8 Å². The van der Waals surface area contributed by atoms with Crippen molar-refractivity contribution in [1.82, 2.24) is 9.55 Å². The smallest absolute Gasteiger partial charge is 0.343 e. The van der Waals surface area contributed by atoms with Gasteiger partial charge in [-0.3, -0.25) is 14.6 Å². The van der Waals surface area contributed by atoms with E-state index in [0.717, 1.165) is 27.6 Å². The van der Waals surface area contributed by atoms with E-state index in [2.05, 4.69) is 5.32 Å². The minimum absolute atomic E-state index is 0.0378. The fraction of sp³-hybridized carbons (Fsp3) is 0.271. The van der Waals surface area contributed by atoms with Crippen LogP contribution in [0.3, 0.4) is 0 Å². The fourth-order valence-electron chi connectivity index (χ4n) is 10.1. The van der Waals surface area contributed by atoms with Crippen LogP contribution in [0.1, 0.15) is 64.2 Å². The lowest BCUT2D eigenvalue weighted by Crippen LogP contribution is -2.44. The molecule has 6 heterocycles. The van der Waals surface area contributed by atoms with Gasteiger partial charge >= 0.3 is 11.9 Å². The Balaban J connectivity index is 1.01. The number of anilines is 1. The number of nitrogens with zero attached hydrogens (tertiary/aromatic N) is 3. The van der Waals surface area contributed by atoms with E-state index in [-0.39, 0.29) is 78.8 Å². The highest BCUT2D eigenvalue weighted by molar-refractivity contribution is 6.03. The Labute approximate surface area is 359 Å². The molecule has 3 N–H and O–H groups in total. The number of ether oxygens (including phenoxy) is 6.